The molecular formula is C15H21NO3. The van der Waals surface area contributed by atoms with Gasteiger partial charge in [-0.2, -0.15) is 0 Å². The smallest absolute Gasteiger partial charge is 0.125 e. The third-order valence-corrected chi connectivity index (χ3v) is 3.94. The minimum atomic E-state index is -0.487. The summed E-state index contributed by atoms with van der Waals surface area (Å²) in [5.74, 6) is 0.804. The molecule has 19 heavy (non-hydrogen) atoms. The number of morpholine rings is 1. The molecule has 0 aliphatic carbocycles. The lowest BCUT2D eigenvalue weighted by Crippen LogP contribution is -2.56. The van der Waals surface area contributed by atoms with Crippen LogP contribution in [-0.4, -0.2) is 48.0 Å². The van der Waals surface area contributed by atoms with Crippen LogP contribution in [-0.2, 0) is 4.74 Å². The number of hydrogen-bond donors (Lipinski definition) is 1. The van der Waals surface area contributed by atoms with E-state index in [9.17, 15) is 5.11 Å². The van der Waals surface area contributed by atoms with Gasteiger partial charge in [0.25, 0.3) is 0 Å². The van der Waals surface area contributed by atoms with E-state index in [4.69, 9.17) is 9.47 Å². The highest BCUT2D eigenvalue weighted by Crippen LogP contribution is 2.35. The third kappa shape index (κ3) is 2.48. The zero-order valence-corrected chi connectivity index (χ0v) is 11.5. The summed E-state index contributed by atoms with van der Waals surface area (Å²) >= 11 is 0. The molecular weight excluding hydrogens is 242 g/mol. The molecule has 2 atom stereocenters. The van der Waals surface area contributed by atoms with E-state index in [1.807, 2.05) is 24.3 Å². The van der Waals surface area contributed by atoms with Gasteiger partial charge < -0.3 is 14.6 Å². The highest BCUT2D eigenvalue weighted by atomic mass is 16.5. The van der Waals surface area contributed by atoms with E-state index in [2.05, 4.69) is 18.7 Å². The molecule has 1 saturated heterocycles. The van der Waals surface area contributed by atoms with Gasteiger partial charge in [-0.15, -0.1) is 0 Å². The summed E-state index contributed by atoms with van der Waals surface area (Å²) in [6, 6.07) is 7.74. The van der Waals surface area contributed by atoms with E-state index in [0.717, 1.165) is 24.4 Å². The summed E-state index contributed by atoms with van der Waals surface area (Å²) in [6.45, 7) is 7.08. The first-order valence-corrected chi connectivity index (χ1v) is 6.85. The number of benzene rings is 1. The van der Waals surface area contributed by atoms with Gasteiger partial charge in [0.1, 0.15) is 18.5 Å². The number of hydrogen-bond acceptors (Lipinski definition) is 4. The van der Waals surface area contributed by atoms with Crippen LogP contribution in [0.5, 0.6) is 5.75 Å². The SMILES string of the molecule is CC1(C)CN(C2COc3ccccc3C2O)CCO1. The normalized spacial score (nSPS) is 30.5. The fraction of sp³-hybridized carbons (Fsp3) is 0.600. The lowest BCUT2D eigenvalue weighted by Gasteiger charge is -2.45. The molecule has 4 heteroatoms. The third-order valence-electron chi connectivity index (χ3n) is 3.94. The number of nitrogens with zero attached hydrogens (tertiary/aromatic N) is 1. The van der Waals surface area contributed by atoms with Crippen LogP contribution in [0.3, 0.4) is 0 Å². The van der Waals surface area contributed by atoms with E-state index in [1.54, 1.807) is 0 Å². The molecule has 2 aliphatic rings. The zero-order valence-electron chi connectivity index (χ0n) is 11.5. The first-order chi connectivity index (χ1) is 9.07. The Hall–Kier alpha value is -1.10. The quantitative estimate of drug-likeness (QED) is 0.835. The van der Waals surface area contributed by atoms with E-state index >= 15 is 0 Å². The second kappa shape index (κ2) is 4.78. The van der Waals surface area contributed by atoms with Crippen LogP contribution in [0.25, 0.3) is 0 Å². The Morgan fingerprint density at radius 3 is 2.89 bits per heavy atom. The van der Waals surface area contributed by atoms with Crippen molar-refractivity contribution in [2.45, 2.75) is 31.6 Å². The van der Waals surface area contributed by atoms with Crippen LogP contribution in [0.4, 0.5) is 0 Å². The van der Waals surface area contributed by atoms with Crippen LogP contribution in [0.15, 0.2) is 24.3 Å². The maximum Gasteiger partial charge on any atom is 0.125 e. The number of aliphatic hydroxyl groups is 1. The van der Waals surface area contributed by atoms with Crippen molar-refractivity contribution in [2.75, 3.05) is 26.3 Å². The van der Waals surface area contributed by atoms with Crippen molar-refractivity contribution < 1.29 is 14.6 Å². The maximum atomic E-state index is 10.6. The van der Waals surface area contributed by atoms with E-state index in [1.165, 1.54) is 0 Å². The molecule has 1 N–H and O–H groups in total. The Balaban J connectivity index is 1.80. The largest absolute Gasteiger partial charge is 0.491 e. The summed E-state index contributed by atoms with van der Waals surface area (Å²) in [5.41, 5.74) is 0.734. The van der Waals surface area contributed by atoms with Gasteiger partial charge in [0.05, 0.1) is 18.2 Å². The number of para-hydroxylation sites is 1. The lowest BCUT2D eigenvalue weighted by atomic mass is 9.96. The Labute approximate surface area is 113 Å². The molecule has 1 fully saturated rings. The monoisotopic (exact) mass is 263 g/mol. The van der Waals surface area contributed by atoms with Crippen LogP contribution in [0, 0.1) is 0 Å². The van der Waals surface area contributed by atoms with Gasteiger partial charge in [0.2, 0.25) is 0 Å². The average molecular weight is 263 g/mol. The number of rotatable bonds is 1. The number of fused-ring (bicyclic) bond motifs is 1. The van der Waals surface area contributed by atoms with Gasteiger partial charge in [-0.3, -0.25) is 4.90 Å². The number of ether oxygens (including phenoxy) is 2. The van der Waals surface area contributed by atoms with Crippen LogP contribution in [0.2, 0.25) is 0 Å². The van der Waals surface area contributed by atoms with Crippen molar-refractivity contribution in [3.05, 3.63) is 29.8 Å². The average Bonchev–Trinajstić information content (AvgIpc) is 2.38. The summed E-state index contributed by atoms with van der Waals surface area (Å²) in [4.78, 5) is 2.28. The molecule has 2 aliphatic heterocycles. The molecule has 2 unspecified atom stereocenters. The molecule has 0 spiro atoms. The molecule has 1 aromatic carbocycles. The van der Waals surface area contributed by atoms with Crippen molar-refractivity contribution in [3.63, 3.8) is 0 Å². The highest BCUT2D eigenvalue weighted by molar-refractivity contribution is 5.37. The second-order valence-electron chi connectivity index (χ2n) is 5.94. The van der Waals surface area contributed by atoms with Gasteiger partial charge in [-0.1, -0.05) is 18.2 Å². The number of aliphatic hydroxyl groups excluding tert-OH is 1. The van der Waals surface area contributed by atoms with Crippen molar-refractivity contribution in [3.8, 4) is 5.75 Å². The van der Waals surface area contributed by atoms with Gasteiger partial charge in [0, 0.05) is 18.7 Å². The van der Waals surface area contributed by atoms with Gasteiger partial charge >= 0.3 is 0 Å². The van der Waals surface area contributed by atoms with Crippen molar-refractivity contribution in [2.24, 2.45) is 0 Å². The molecule has 0 radical (unpaired) electrons. The minimum absolute atomic E-state index is 0.0121. The Morgan fingerprint density at radius 1 is 1.32 bits per heavy atom. The van der Waals surface area contributed by atoms with E-state index in [-0.39, 0.29) is 11.6 Å². The Bertz CT molecular complexity index is 460. The lowest BCUT2D eigenvalue weighted by molar-refractivity contribution is -0.119. The molecule has 1 aromatic rings. The molecule has 4 nitrogen and oxygen atoms in total. The standard InChI is InChI=1S/C15H21NO3/c1-15(2)10-16(7-8-19-15)12-9-18-13-6-4-3-5-11(13)14(12)17/h3-6,12,14,17H,7-10H2,1-2H3. The molecule has 0 saturated carbocycles. The van der Waals surface area contributed by atoms with E-state index < -0.39 is 6.10 Å². The minimum Gasteiger partial charge on any atom is -0.491 e. The first kappa shape index (κ1) is 12.9. The van der Waals surface area contributed by atoms with Gasteiger partial charge in [-0.05, 0) is 19.9 Å². The molecule has 0 aromatic heterocycles. The van der Waals surface area contributed by atoms with Gasteiger partial charge in [-0.25, -0.2) is 0 Å². The molecule has 0 bridgehead atoms. The van der Waals surface area contributed by atoms with Crippen LogP contribution < -0.4 is 4.74 Å². The highest BCUT2D eigenvalue weighted by Gasteiger charge is 2.38. The molecule has 104 valence electrons. The molecule has 3 rings (SSSR count). The maximum absolute atomic E-state index is 10.6. The summed E-state index contributed by atoms with van der Waals surface area (Å²) in [5, 5.41) is 10.6. The topological polar surface area (TPSA) is 41.9 Å². The summed E-state index contributed by atoms with van der Waals surface area (Å²) in [6.07, 6.45) is -0.487. The van der Waals surface area contributed by atoms with Crippen LogP contribution in [0.1, 0.15) is 25.5 Å². The zero-order chi connectivity index (χ0) is 13.5. The fourth-order valence-corrected chi connectivity index (χ4v) is 2.97. The fourth-order valence-electron chi connectivity index (χ4n) is 2.97. The Kier molecular flexibility index (Phi) is 3.25. The van der Waals surface area contributed by atoms with Gasteiger partial charge in [0.15, 0.2) is 0 Å². The van der Waals surface area contributed by atoms with Crippen molar-refractivity contribution in [1.82, 2.24) is 4.90 Å². The summed E-state index contributed by atoms with van der Waals surface area (Å²) in [7, 11) is 0. The first-order valence-electron chi connectivity index (χ1n) is 6.85. The van der Waals surface area contributed by atoms with Crippen LogP contribution >= 0.6 is 0 Å². The predicted octanol–water partition coefficient (Wildman–Crippen LogP) is 1.59. The van der Waals surface area contributed by atoms with Crippen molar-refractivity contribution >= 4 is 0 Å². The van der Waals surface area contributed by atoms with Crippen molar-refractivity contribution in [1.29, 1.82) is 0 Å². The Morgan fingerprint density at radius 2 is 2.11 bits per heavy atom. The van der Waals surface area contributed by atoms with E-state index in [0.29, 0.717) is 13.2 Å². The molecule has 0 amide bonds. The molecule has 2 heterocycles. The predicted molar refractivity (Wildman–Crippen MR) is 72.3 cm³/mol. The summed E-state index contributed by atoms with van der Waals surface area (Å²) < 4.78 is 11.5. The second-order valence-corrected chi connectivity index (χ2v) is 5.94.